The van der Waals surface area contributed by atoms with Gasteiger partial charge in [0.15, 0.2) is 0 Å². The Morgan fingerprint density at radius 1 is 1.56 bits per heavy atom. The minimum Gasteiger partial charge on any atom is -0.299 e. The van der Waals surface area contributed by atoms with Crippen molar-refractivity contribution in [2.45, 2.75) is 33.2 Å². The molecule has 86 valence electrons. The van der Waals surface area contributed by atoms with Crippen LogP contribution in [0.1, 0.15) is 30.7 Å². The van der Waals surface area contributed by atoms with Crippen LogP contribution in [0.4, 0.5) is 0 Å². The van der Waals surface area contributed by atoms with Gasteiger partial charge in [0.25, 0.3) is 0 Å². The zero-order chi connectivity index (χ0) is 11.6. The summed E-state index contributed by atoms with van der Waals surface area (Å²) in [6.45, 7) is 7.30. The highest BCUT2D eigenvalue weighted by Crippen LogP contribution is 2.26. The van der Waals surface area contributed by atoms with Gasteiger partial charge in [0.2, 0.25) is 0 Å². The second-order valence-corrected chi connectivity index (χ2v) is 6.14. The molecule has 16 heavy (non-hydrogen) atoms. The molecule has 2 rings (SSSR count). The van der Waals surface area contributed by atoms with Crippen LogP contribution in [0.15, 0.2) is 11.4 Å². The van der Waals surface area contributed by atoms with Crippen LogP contribution in [0.3, 0.4) is 0 Å². The van der Waals surface area contributed by atoms with Gasteiger partial charge in [-0.3, -0.25) is 4.90 Å². The van der Waals surface area contributed by atoms with E-state index in [1.165, 1.54) is 12.0 Å². The average Bonchev–Trinajstić information content (AvgIpc) is 2.73. The van der Waals surface area contributed by atoms with E-state index in [4.69, 9.17) is 5.26 Å². The molecule has 0 amide bonds. The lowest BCUT2D eigenvalue weighted by molar-refractivity contribution is 0.227. The quantitative estimate of drug-likeness (QED) is 0.803. The number of nitrogens with zero attached hydrogens (tertiary/aromatic N) is 2. The predicted molar refractivity (Wildman–Crippen MR) is 67.3 cm³/mol. The summed E-state index contributed by atoms with van der Waals surface area (Å²) in [4.78, 5) is 4.02. The van der Waals surface area contributed by atoms with Crippen LogP contribution >= 0.6 is 11.3 Å². The zero-order valence-electron chi connectivity index (χ0n) is 9.99. The van der Waals surface area contributed by atoms with Gasteiger partial charge < -0.3 is 0 Å². The molecular formula is C13H18N2S. The van der Waals surface area contributed by atoms with Crippen molar-refractivity contribution in [2.75, 3.05) is 13.1 Å². The van der Waals surface area contributed by atoms with E-state index in [9.17, 15) is 0 Å². The maximum Gasteiger partial charge on any atom is 0.0684 e. The summed E-state index contributed by atoms with van der Waals surface area (Å²) in [7, 11) is 0. The molecule has 0 bridgehead atoms. The van der Waals surface area contributed by atoms with Gasteiger partial charge in [0, 0.05) is 18.0 Å². The maximum absolute atomic E-state index is 8.98. The van der Waals surface area contributed by atoms with Gasteiger partial charge in [-0.25, -0.2) is 0 Å². The molecule has 2 nitrogen and oxygen atoms in total. The molecule has 0 fully saturated rings. The SMILES string of the molecule is CC(C)(C#N)CCN1CCc2sccc2C1. The Hall–Kier alpha value is -0.850. The smallest absolute Gasteiger partial charge is 0.0684 e. The molecular weight excluding hydrogens is 216 g/mol. The fraction of sp³-hybridized carbons (Fsp3) is 0.615. The lowest BCUT2D eigenvalue weighted by Crippen LogP contribution is -2.32. The first-order valence-corrected chi connectivity index (χ1v) is 6.67. The molecule has 0 spiro atoms. The molecule has 2 heterocycles. The standard InChI is InChI=1S/C13H18N2S/c1-13(2,10-14)5-7-15-6-3-12-11(9-15)4-8-16-12/h4,8H,3,5-7,9H2,1-2H3. The van der Waals surface area contributed by atoms with Crippen LogP contribution < -0.4 is 0 Å². The third kappa shape index (κ3) is 2.63. The number of hydrogen-bond acceptors (Lipinski definition) is 3. The van der Waals surface area contributed by atoms with Crippen molar-refractivity contribution in [1.29, 1.82) is 5.26 Å². The van der Waals surface area contributed by atoms with Crippen LogP contribution in [-0.2, 0) is 13.0 Å². The lowest BCUT2D eigenvalue weighted by Gasteiger charge is -2.28. The van der Waals surface area contributed by atoms with E-state index in [2.05, 4.69) is 22.4 Å². The van der Waals surface area contributed by atoms with Crippen molar-refractivity contribution < 1.29 is 0 Å². The van der Waals surface area contributed by atoms with Crippen LogP contribution in [-0.4, -0.2) is 18.0 Å². The summed E-state index contributed by atoms with van der Waals surface area (Å²) in [6.07, 6.45) is 2.14. The highest BCUT2D eigenvalue weighted by Gasteiger charge is 2.21. The monoisotopic (exact) mass is 234 g/mol. The third-order valence-electron chi connectivity index (χ3n) is 3.24. The third-order valence-corrected chi connectivity index (χ3v) is 4.27. The Balaban J connectivity index is 1.89. The van der Waals surface area contributed by atoms with Gasteiger partial charge >= 0.3 is 0 Å². The molecule has 0 aliphatic carbocycles. The van der Waals surface area contributed by atoms with Crippen molar-refractivity contribution in [1.82, 2.24) is 4.90 Å². The largest absolute Gasteiger partial charge is 0.299 e. The number of rotatable bonds is 3. The van der Waals surface area contributed by atoms with Gasteiger partial charge in [-0.2, -0.15) is 5.26 Å². The normalized spacial score (nSPS) is 16.8. The summed E-state index contributed by atoms with van der Waals surface area (Å²) >= 11 is 1.88. The highest BCUT2D eigenvalue weighted by atomic mass is 32.1. The highest BCUT2D eigenvalue weighted by molar-refractivity contribution is 7.10. The minimum atomic E-state index is -0.186. The van der Waals surface area contributed by atoms with Crippen molar-refractivity contribution in [3.63, 3.8) is 0 Å². The number of fused-ring (bicyclic) bond motifs is 1. The van der Waals surface area contributed by atoms with Crippen molar-refractivity contribution in [3.8, 4) is 6.07 Å². The Morgan fingerprint density at radius 3 is 3.12 bits per heavy atom. The first-order valence-electron chi connectivity index (χ1n) is 5.79. The summed E-state index contributed by atoms with van der Waals surface area (Å²) in [5.41, 5.74) is 1.31. The molecule has 1 aromatic rings. The molecule has 1 aliphatic rings. The van der Waals surface area contributed by atoms with Crippen LogP contribution in [0.2, 0.25) is 0 Å². The van der Waals surface area contributed by atoms with Crippen molar-refractivity contribution in [2.24, 2.45) is 5.41 Å². The van der Waals surface area contributed by atoms with Gasteiger partial charge in [-0.15, -0.1) is 11.3 Å². The average molecular weight is 234 g/mol. The fourth-order valence-electron chi connectivity index (χ4n) is 1.99. The van der Waals surface area contributed by atoms with Gasteiger partial charge in [0.1, 0.15) is 0 Å². The topological polar surface area (TPSA) is 27.0 Å². The Kier molecular flexibility index (Phi) is 3.32. The van der Waals surface area contributed by atoms with E-state index < -0.39 is 0 Å². The van der Waals surface area contributed by atoms with Crippen molar-refractivity contribution in [3.05, 3.63) is 21.9 Å². The molecule has 0 atom stereocenters. The maximum atomic E-state index is 8.98. The van der Waals surface area contributed by atoms with E-state index in [-0.39, 0.29) is 5.41 Å². The second-order valence-electron chi connectivity index (χ2n) is 5.14. The molecule has 3 heteroatoms. The first-order chi connectivity index (χ1) is 7.61. The molecule has 0 unspecified atom stereocenters. The predicted octanol–water partition coefficient (Wildman–Crippen LogP) is 3.05. The number of thiophene rings is 1. The molecule has 0 radical (unpaired) electrons. The van der Waals surface area contributed by atoms with Crippen LogP contribution in [0, 0.1) is 16.7 Å². The summed E-state index contributed by atoms with van der Waals surface area (Å²) in [6, 6.07) is 4.61. The zero-order valence-corrected chi connectivity index (χ0v) is 10.8. The molecule has 0 saturated heterocycles. The Morgan fingerprint density at radius 2 is 2.38 bits per heavy atom. The minimum absolute atomic E-state index is 0.186. The fourth-order valence-corrected chi connectivity index (χ4v) is 2.88. The van der Waals surface area contributed by atoms with Crippen LogP contribution in [0.25, 0.3) is 0 Å². The molecule has 1 aliphatic heterocycles. The molecule has 0 aromatic carbocycles. The van der Waals surface area contributed by atoms with Gasteiger partial charge in [-0.1, -0.05) is 0 Å². The summed E-state index contributed by atoms with van der Waals surface area (Å²) in [5, 5.41) is 11.2. The van der Waals surface area contributed by atoms with Gasteiger partial charge in [0.05, 0.1) is 11.5 Å². The second kappa shape index (κ2) is 4.57. The van der Waals surface area contributed by atoms with E-state index in [0.717, 1.165) is 26.1 Å². The summed E-state index contributed by atoms with van der Waals surface area (Å²) < 4.78 is 0. The Labute approximate surface area is 102 Å². The van der Waals surface area contributed by atoms with E-state index >= 15 is 0 Å². The van der Waals surface area contributed by atoms with E-state index in [1.807, 2.05) is 25.2 Å². The van der Waals surface area contributed by atoms with Crippen LogP contribution in [0.5, 0.6) is 0 Å². The lowest BCUT2D eigenvalue weighted by atomic mass is 9.91. The van der Waals surface area contributed by atoms with Gasteiger partial charge in [-0.05, 0) is 50.2 Å². The number of hydrogen-bond donors (Lipinski definition) is 0. The van der Waals surface area contributed by atoms with E-state index in [0.29, 0.717) is 0 Å². The first kappa shape index (κ1) is 11.6. The molecule has 1 aromatic heterocycles. The molecule has 0 saturated carbocycles. The van der Waals surface area contributed by atoms with Crippen molar-refractivity contribution >= 4 is 11.3 Å². The summed E-state index contributed by atoms with van der Waals surface area (Å²) in [5.74, 6) is 0. The Bertz CT molecular complexity index is 400. The molecule has 0 N–H and O–H groups in total. The van der Waals surface area contributed by atoms with E-state index in [1.54, 1.807) is 4.88 Å². The number of nitriles is 1.